The van der Waals surface area contributed by atoms with Crippen molar-refractivity contribution in [1.82, 2.24) is 0 Å². The Labute approximate surface area is 95.2 Å². The summed E-state index contributed by atoms with van der Waals surface area (Å²) in [5.41, 5.74) is 6.01. The third kappa shape index (κ3) is 5.09. The van der Waals surface area contributed by atoms with E-state index in [4.69, 9.17) is 10.5 Å². The molecule has 0 aromatic heterocycles. The molecule has 1 aliphatic rings. The fourth-order valence-corrected chi connectivity index (χ4v) is 3.29. The van der Waals surface area contributed by atoms with Gasteiger partial charge in [0.15, 0.2) is 0 Å². The van der Waals surface area contributed by atoms with Crippen molar-refractivity contribution >= 4 is 10.8 Å². The predicted molar refractivity (Wildman–Crippen MR) is 64.2 cm³/mol. The van der Waals surface area contributed by atoms with E-state index in [-0.39, 0.29) is 6.04 Å². The average molecular weight is 233 g/mol. The fourth-order valence-electron chi connectivity index (χ4n) is 1.69. The highest BCUT2D eigenvalue weighted by atomic mass is 32.2. The van der Waals surface area contributed by atoms with Crippen molar-refractivity contribution in [3.63, 3.8) is 0 Å². The molecule has 15 heavy (non-hydrogen) atoms. The predicted octanol–water partition coefficient (Wildman–Crippen LogP) is 1.14. The lowest BCUT2D eigenvalue weighted by Gasteiger charge is -2.17. The average Bonchev–Trinajstić information content (AvgIpc) is 2.67. The van der Waals surface area contributed by atoms with Gasteiger partial charge in [-0.1, -0.05) is 13.8 Å². The van der Waals surface area contributed by atoms with E-state index in [0.717, 1.165) is 31.8 Å². The highest BCUT2D eigenvalue weighted by Crippen LogP contribution is 2.16. The standard InChI is InChI=1S/C11H23NO2S/c1-9(2)4-6-15(13)8-11(12)10-3-5-14-7-10/h9-11H,3-8,12H2,1-2H3. The molecule has 4 heteroatoms. The monoisotopic (exact) mass is 233 g/mol. The van der Waals surface area contributed by atoms with Crippen LogP contribution in [0.4, 0.5) is 0 Å². The van der Waals surface area contributed by atoms with Crippen LogP contribution >= 0.6 is 0 Å². The van der Waals surface area contributed by atoms with Crippen molar-refractivity contribution in [2.24, 2.45) is 17.6 Å². The third-order valence-electron chi connectivity index (χ3n) is 2.87. The number of rotatable bonds is 6. The first kappa shape index (κ1) is 13.1. The second-order valence-electron chi connectivity index (χ2n) is 4.78. The molecule has 0 spiro atoms. The van der Waals surface area contributed by atoms with E-state index in [0.29, 0.717) is 17.6 Å². The summed E-state index contributed by atoms with van der Waals surface area (Å²) < 4.78 is 17.0. The minimum Gasteiger partial charge on any atom is -0.381 e. The SMILES string of the molecule is CC(C)CCS(=O)CC(N)C1CCOC1. The third-order valence-corrected chi connectivity index (χ3v) is 4.32. The Hall–Kier alpha value is 0.0700. The van der Waals surface area contributed by atoms with Crippen LogP contribution in [0.25, 0.3) is 0 Å². The second kappa shape index (κ2) is 6.61. The van der Waals surface area contributed by atoms with E-state index < -0.39 is 10.8 Å². The van der Waals surface area contributed by atoms with Gasteiger partial charge < -0.3 is 10.5 Å². The Kier molecular flexibility index (Phi) is 5.79. The zero-order valence-corrected chi connectivity index (χ0v) is 10.6. The first-order valence-corrected chi connectivity index (χ1v) is 7.26. The van der Waals surface area contributed by atoms with E-state index in [1.165, 1.54) is 0 Å². The van der Waals surface area contributed by atoms with Crippen LogP contribution in [0.2, 0.25) is 0 Å². The van der Waals surface area contributed by atoms with Gasteiger partial charge in [-0.3, -0.25) is 4.21 Å². The summed E-state index contributed by atoms with van der Waals surface area (Å²) in [5.74, 6) is 2.48. The quantitative estimate of drug-likeness (QED) is 0.748. The van der Waals surface area contributed by atoms with Gasteiger partial charge in [-0.25, -0.2) is 0 Å². The van der Waals surface area contributed by atoms with Gasteiger partial charge in [-0.05, 0) is 18.8 Å². The molecule has 1 saturated heterocycles. The molecule has 0 saturated carbocycles. The van der Waals surface area contributed by atoms with E-state index in [2.05, 4.69) is 13.8 Å². The molecule has 1 aliphatic heterocycles. The summed E-state index contributed by atoms with van der Waals surface area (Å²) in [5, 5.41) is 0. The molecule has 0 amide bonds. The van der Waals surface area contributed by atoms with Gasteiger partial charge in [-0.2, -0.15) is 0 Å². The van der Waals surface area contributed by atoms with Crippen molar-refractivity contribution in [2.75, 3.05) is 24.7 Å². The molecule has 0 aromatic carbocycles. The molecule has 3 nitrogen and oxygen atoms in total. The number of nitrogens with two attached hydrogens (primary N) is 1. The minimum absolute atomic E-state index is 0.0560. The molecule has 0 radical (unpaired) electrons. The Balaban J connectivity index is 2.18. The summed E-state index contributed by atoms with van der Waals surface area (Å²) >= 11 is 0. The van der Waals surface area contributed by atoms with Crippen molar-refractivity contribution in [2.45, 2.75) is 32.7 Å². The highest BCUT2D eigenvalue weighted by Gasteiger charge is 2.24. The van der Waals surface area contributed by atoms with Gasteiger partial charge in [0.2, 0.25) is 0 Å². The summed E-state index contributed by atoms with van der Waals surface area (Å²) in [6, 6.07) is 0.0560. The normalized spacial score (nSPS) is 25.7. The summed E-state index contributed by atoms with van der Waals surface area (Å²) in [6.45, 7) is 5.88. The number of hydrogen-bond acceptors (Lipinski definition) is 3. The number of ether oxygens (including phenoxy) is 1. The molecule has 1 heterocycles. The maximum absolute atomic E-state index is 11.7. The molecule has 1 rings (SSSR count). The molecule has 2 N–H and O–H groups in total. The van der Waals surface area contributed by atoms with Crippen molar-refractivity contribution in [3.8, 4) is 0 Å². The van der Waals surface area contributed by atoms with Crippen LogP contribution in [0, 0.1) is 11.8 Å². The van der Waals surface area contributed by atoms with Gasteiger partial charge in [0.1, 0.15) is 0 Å². The molecule has 0 aliphatic carbocycles. The first-order chi connectivity index (χ1) is 7.09. The second-order valence-corrected chi connectivity index (χ2v) is 6.40. The zero-order valence-electron chi connectivity index (χ0n) is 9.78. The van der Waals surface area contributed by atoms with Gasteiger partial charge in [0.25, 0.3) is 0 Å². The summed E-state index contributed by atoms with van der Waals surface area (Å²) in [4.78, 5) is 0. The molecule has 3 atom stereocenters. The largest absolute Gasteiger partial charge is 0.381 e. The lowest BCUT2D eigenvalue weighted by Crippen LogP contribution is -2.36. The maximum atomic E-state index is 11.7. The van der Waals surface area contributed by atoms with Crippen LogP contribution in [0.1, 0.15) is 26.7 Å². The summed E-state index contributed by atoms with van der Waals surface area (Å²) in [7, 11) is -0.747. The van der Waals surface area contributed by atoms with E-state index in [1.807, 2.05) is 0 Å². The van der Waals surface area contributed by atoms with Crippen LogP contribution in [0.3, 0.4) is 0 Å². The smallest absolute Gasteiger partial charge is 0.0510 e. The minimum atomic E-state index is -0.747. The lowest BCUT2D eigenvalue weighted by atomic mass is 10.0. The Morgan fingerprint density at radius 1 is 1.53 bits per heavy atom. The van der Waals surface area contributed by atoms with Crippen LogP contribution in [0.15, 0.2) is 0 Å². The van der Waals surface area contributed by atoms with Crippen molar-refractivity contribution in [3.05, 3.63) is 0 Å². The van der Waals surface area contributed by atoms with E-state index in [1.54, 1.807) is 0 Å². The molecule has 1 fully saturated rings. The van der Waals surface area contributed by atoms with E-state index in [9.17, 15) is 4.21 Å². The molecule has 0 bridgehead atoms. The van der Waals surface area contributed by atoms with Gasteiger partial charge in [0.05, 0.1) is 6.61 Å². The molecule has 0 aromatic rings. The molecular weight excluding hydrogens is 210 g/mol. The molecule has 3 unspecified atom stereocenters. The van der Waals surface area contributed by atoms with Crippen LogP contribution in [-0.2, 0) is 15.5 Å². The van der Waals surface area contributed by atoms with Gasteiger partial charge in [-0.15, -0.1) is 0 Å². The molecular formula is C11H23NO2S. The van der Waals surface area contributed by atoms with Crippen LogP contribution < -0.4 is 5.73 Å². The van der Waals surface area contributed by atoms with Crippen LogP contribution in [0.5, 0.6) is 0 Å². The van der Waals surface area contributed by atoms with Crippen LogP contribution in [-0.4, -0.2) is 35.0 Å². The Morgan fingerprint density at radius 3 is 2.80 bits per heavy atom. The topological polar surface area (TPSA) is 52.3 Å². The van der Waals surface area contributed by atoms with Crippen molar-refractivity contribution < 1.29 is 8.95 Å². The van der Waals surface area contributed by atoms with Crippen molar-refractivity contribution in [1.29, 1.82) is 0 Å². The molecule has 90 valence electrons. The van der Waals surface area contributed by atoms with Gasteiger partial charge in [0, 0.05) is 40.9 Å². The van der Waals surface area contributed by atoms with Gasteiger partial charge >= 0.3 is 0 Å². The zero-order chi connectivity index (χ0) is 11.3. The summed E-state index contributed by atoms with van der Waals surface area (Å²) in [6.07, 6.45) is 2.06. The Bertz CT molecular complexity index is 203. The Morgan fingerprint density at radius 2 is 2.27 bits per heavy atom. The number of hydrogen-bond donors (Lipinski definition) is 1. The lowest BCUT2D eigenvalue weighted by molar-refractivity contribution is 0.182. The highest BCUT2D eigenvalue weighted by molar-refractivity contribution is 7.85. The fraction of sp³-hybridized carbons (Fsp3) is 1.00. The maximum Gasteiger partial charge on any atom is 0.0510 e. The first-order valence-electron chi connectivity index (χ1n) is 5.78. The van der Waals surface area contributed by atoms with E-state index >= 15 is 0 Å².